The molecule has 1 atom stereocenters. The molecule has 0 saturated carbocycles. The number of aromatic nitrogens is 1. The average Bonchev–Trinajstić information content (AvgIpc) is 2.94. The number of hydrogen-bond acceptors (Lipinski definition) is 6. The van der Waals surface area contributed by atoms with Crippen LogP contribution >= 0.6 is 11.3 Å². The van der Waals surface area contributed by atoms with Gasteiger partial charge in [-0.3, -0.25) is 9.59 Å². The van der Waals surface area contributed by atoms with E-state index in [2.05, 4.69) is 10.3 Å². The SMILES string of the molecule is CCOC(=O)CCCNc1nc2c(s1)CCC2C(=O)O. The zero-order valence-corrected chi connectivity index (χ0v) is 12.2. The zero-order chi connectivity index (χ0) is 14.5. The highest BCUT2D eigenvalue weighted by Crippen LogP contribution is 2.38. The minimum Gasteiger partial charge on any atom is -0.481 e. The predicted molar refractivity (Wildman–Crippen MR) is 75.2 cm³/mol. The van der Waals surface area contributed by atoms with Gasteiger partial charge in [-0.2, -0.15) is 0 Å². The van der Waals surface area contributed by atoms with Crippen LogP contribution in [-0.2, 0) is 20.7 Å². The highest BCUT2D eigenvalue weighted by atomic mass is 32.1. The second kappa shape index (κ2) is 6.69. The van der Waals surface area contributed by atoms with Gasteiger partial charge in [0.1, 0.15) is 5.92 Å². The summed E-state index contributed by atoms with van der Waals surface area (Å²) in [7, 11) is 0. The topological polar surface area (TPSA) is 88.5 Å². The van der Waals surface area contributed by atoms with Crippen LogP contribution < -0.4 is 5.32 Å². The number of aryl methyl sites for hydroxylation is 1. The summed E-state index contributed by atoms with van der Waals surface area (Å²) in [6.45, 7) is 2.82. The maximum Gasteiger partial charge on any atom is 0.312 e. The van der Waals surface area contributed by atoms with Gasteiger partial charge in [0.15, 0.2) is 5.13 Å². The Kier molecular flexibility index (Phi) is 4.94. The fourth-order valence-corrected chi connectivity index (χ4v) is 3.27. The molecule has 20 heavy (non-hydrogen) atoms. The monoisotopic (exact) mass is 298 g/mol. The summed E-state index contributed by atoms with van der Waals surface area (Å²) >= 11 is 1.51. The fraction of sp³-hybridized carbons (Fsp3) is 0.615. The number of esters is 1. The Labute approximate surface area is 121 Å². The molecule has 6 nitrogen and oxygen atoms in total. The van der Waals surface area contributed by atoms with E-state index in [1.807, 2.05) is 0 Å². The lowest BCUT2D eigenvalue weighted by Crippen LogP contribution is -2.10. The molecule has 2 rings (SSSR count). The molecule has 0 saturated heterocycles. The Morgan fingerprint density at radius 1 is 1.55 bits per heavy atom. The lowest BCUT2D eigenvalue weighted by Gasteiger charge is -2.04. The highest BCUT2D eigenvalue weighted by Gasteiger charge is 2.32. The van der Waals surface area contributed by atoms with E-state index >= 15 is 0 Å². The molecule has 110 valence electrons. The van der Waals surface area contributed by atoms with Crippen LogP contribution in [0.4, 0.5) is 5.13 Å². The van der Waals surface area contributed by atoms with Crippen LogP contribution in [0.1, 0.15) is 42.7 Å². The van der Waals surface area contributed by atoms with Crippen molar-refractivity contribution >= 4 is 28.4 Å². The summed E-state index contributed by atoms with van der Waals surface area (Å²) < 4.78 is 4.84. The molecule has 1 aliphatic rings. The molecular formula is C13H18N2O4S. The molecule has 0 bridgehead atoms. The average molecular weight is 298 g/mol. The van der Waals surface area contributed by atoms with E-state index in [9.17, 15) is 9.59 Å². The van der Waals surface area contributed by atoms with Crippen LogP contribution in [0.25, 0.3) is 0 Å². The first-order chi connectivity index (χ1) is 9.61. The molecule has 0 amide bonds. The van der Waals surface area contributed by atoms with E-state index in [0.29, 0.717) is 38.1 Å². The van der Waals surface area contributed by atoms with Crippen LogP contribution in [0.2, 0.25) is 0 Å². The summed E-state index contributed by atoms with van der Waals surface area (Å²) in [6, 6.07) is 0. The molecule has 1 heterocycles. The molecule has 1 aromatic rings. The van der Waals surface area contributed by atoms with Gasteiger partial charge >= 0.3 is 11.9 Å². The first-order valence-electron chi connectivity index (χ1n) is 6.73. The first kappa shape index (κ1) is 14.8. The van der Waals surface area contributed by atoms with Crippen molar-refractivity contribution in [2.45, 2.75) is 38.5 Å². The largest absolute Gasteiger partial charge is 0.481 e. The maximum atomic E-state index is 11.2. The summed E-state index contributed by atoms with van der Waals surface area (Å²) in [5, 5.41) is 13.0. The zero-order valence-electron chi connectivity index (χ0n) is 11.3. The summed E-state index contributed by atoms with van der Waals surface area (Å²) in [4.78, 5) is 27.6. The van der Waals surface area contributed by atoms with Crippen LogP contribution in [0, 0.1) is 0 Å². The second-order valence-electron chi connectivity index (χ2n) is 4.59. The Bertz CT molecular complexity index is 501. The third-order valence-electron chi connectivity index (χ3n) is 3.16. The minimum absolute atomic E-state index is 0.193. The second-order valence-corrected chi connectivity index (χ2v) is 5.68. The number of anilines is 1. The van der Waals surface area contributed by atoms with Crippen molar-refractivity contribution in [3.8, 4) is 0 Å². The van der Waals surface area contributed by atoms with E-state index in [4.69, 9.17) is 9.84 Å². The number of hydrogen-bond donors (Lipinski definition) is 2. The molecule has 1 unspecified atom stereocenters. The number of carbonyl (C=O) groups is 2. The van der Waals surface area contributed by atoms with Crippen molar-refractivity contribution in [3.05, 3.63) is 10.6 Å². The summed E-state index contributed by atoms with van der Waals surface area (Å²) in [5.41, 5.74) is 0.704. The van der Waals surface area contributed by atoms with Gasteiger partial charge in [-0.15, -0.1) is 11.3 Å². The van der Waals surface area contributed by atoms with Crippen molar-refractivity contribution < 1.29 is 19.4 Å². The van der Waals surface area contributed by atoms with Crippen LogP contribution in [0.3, 0.4) is 0 Å². The number of nitrogens with one attached hydrogen (secondary N) is 1. The minimum atomic E-state index is -0.803. The normalized spacial score (nSPS) is 16.8. The van der Waals surface area contributed by atoms with E-state index in [1.165, 1.54) is 11.3 Å². The quantitative estimate of drug-likeness (QED) is 0.591. The number of carboxylic acid groups (broad SMARTS) is 1. The standard InChI is InChI=1S/C13H18N2O4S/c1-2-19-10(16)4-3-7-14-13-15-11-8(12(17)18)5-6-9(11)20-13/h8H,2-7H2,1H3,(H,14,15)(H,17,18). The van der Waals surface area contributed by atoms with E-state index in [-0.39, 0.29) is 5.97 Å². The van der Waals surface area contributed by atoms with Gasteiger partial charge in [-0.25, -0.2) is 4.98 Å². The van der Waals surface area contributed by atoms with Crippen molar-refractivity contribution in [3.63, 3.8) is 0 Å². The number of rotatable bonds is 7. The van der Waals surface area contributed by atoms with Gasteiger partial charge in [0.05, 0.1) is 12.3 Å². The summed E-state index contributed by atoms with van der Waals surface area (Å²) in [6.07, 6.45) is 2.48. The van der Waals surface area contributed by atoms with Crippen molar-refractivity contribution in [2.75, 3.05) is 18.5 Å². The molecule has 0 aromatic carbocycles. The lowest BCUT2D eigenvalue weighted by atomic mass is 10.1. The number of fused-ring (bicyclic) bond motifs is 1. The summed E-state index contributed by atoms with van der Waals surface area (Å²) in [5.74, 6) is -1.46. The Balaban J connectivity index is 1.79. The third kappa shape index (κ3) is 3.47. The molecule has 0 radical (unpaired) electrons. The van der Waals surface area contributed by atoms with Gasteiger partial charge in [0, 0.05) is 17.8 Å². The molecule has 2 N–H and O–H groups in total. The van der Waals surface area contributed by atoms with Gasteiger partial charge in [-0.05, 0) is 26.2 Å². The van der Waals surface area contributed by atoms with E-state index < -0.39 is 11.9 Å². The molecule has 0 spiro atoms. The first-order valence-corrected chi connectivity index (χ1v) is 7.55. The number of carbonyl (C=O) groups excluding carboxylic acids is 1. The number of carboxylic acids is 1. The molecule has 1 aliphatic carbocycles. The van der Waals surface area contributed by atoms with Crippen molar-refractivity contribution in [2.24, 2.45) is 0 Å². The molecule has 0 fully saturated rings. The predicted octanol–water partition coefficient (Wildman–Crippen LogP) is 2.01. The van der Waals surface area contributed by atoms with Gasteiger partial charge in [0.2, 0.25) is 0 Å². The maximum absolute atomic E-state index is 11.2. The fourth-order valence-electron chi connectivity index (χ4n) is 2.20. The molecule has 0 aliphatic heterocycles. The van der Waals surface area contributed by atoms with Crippen molar-refractivity contribution in [1.29, 1.82) is 0 Å². The van der Waals surface area contributed by atoms with E-state index in [1.54, 1.807) is 6.92 Å². The van der Waals surface area contributed by atoms with E-state index in [0.717, 1.165) is 16.4 Å². The van der Waals surface area contributed by atoms with Crippen LogP contribution in [0.15, 0.2) is 0 Å². The number of thiazole rings is 1. The Morgan fingerprint density at radius 3 is 3.05 bits per heavy atom. The van der Waals surface area contributed by atoms with Gasteiger partial charge in [-0.1, -0.05) is 0 Å². The number of nitrogens with zero attached hydrogens (tertiary/aromatic N) is 1. The Morgan fingerprint density at radius 2 is 2.35 bits per heavy atom. The van der Waals surface area contributed by atoms with Crippen molar-refractivity contribution in [1.82, 2.24) is 4.98 Å². The van der Waals surface area contributed by atoms with Crippen LogP contribution in [0.5, 0.6) is 0 Å². The van der Waals surface area contributed by atoms with Gasteiger partial charge < -0.3 is 15.2 Å². The highest BCUT2D eigenvalue weighted by molar-refractivity contribution is 7.15. The smallest absolute Gasteiger partial charge is 0.312 e. The van der Waals surface area contributed by atoms with Crippen LogP contribution in [-0.4, -0.2) is 35.2 Å². The third-order valence-corrected chi connectivity index (χ3v) is 4.24. The molecule has 7 heteroatoms. The molecular weight excluding hydrogens is 280 g/mol. The lowest BCUT2D eigenvalue weighted by molar-refractivity contribution is -0.143. The number of ether oxygens (including phenoxy) is 1. The van der Waals surface area contributed by atoms with Gasteiger partial charge in [0.25, 0.3) is 0 Å². The molecule has 1 aromatic heterocycles. The Hall–Kier alpha value is -1.63. The number of aliphatic carboxylic acids is 1.